The zero-order valence-corrected chi connectivity index (χ0v) is 10.3. The van der Waals surface area contributed by atoms with Gasteiger partial charge in [0.05, 0.1) is 13.2 Å². The highest BCUT2D eigenvalue weighted by atomic mass is 16.7. The second-order valence-corrected chi connectivity index (χ2v) is 4.70. The van der Waals surface area contributed by atoms with Gasteiger partial charge in [0, 0.05) is 25.1 Å². The lowest BCUT2D eigenvalue weighted by molar-refractivity contribution is -0.182. The first kappa shape index (κ1) is 11.7. The Morgan fingerprint density at radius 2 is 2.00 bits per heavy atom. The Hall–Kier alpha value is -1.39. The van der Waals surface area contributed by atoms with E-state index in [0.29, 0.717) is 13.1 Å². The average Bonchev–Trinajstić information content (AvgIpc) is 2.75. The Labute approximate surface area is 106 Å². The average molecular weight is 247 g/mol. The molecule has 4 heteroatoms. The third-order valence-electron chi connectivity index (χ3n) is 3.43. The molecule has 2 aliphatic heterocycles. The molecule has 3 rings (SSSR count). The molecule has 18 heavy (non-hydrogen) atoms. The highest BCUT2D eigenvalue weighted by Crippen LogP contribution is 2.23. The second-order valence-electron chi connectivity index (χ2n) is 4.70. The molecule has 1 aromatic rings. The van der Waals surface area contributed by atoms with Crippen LogP contribution in [0.25, 0.3) is 0 Å². The number of hydrogen-bond donors (Lipinski definition) is 0. The summed E-state index contributed by atoms with van der Waals surface area (Å²) in [5, 5.41) is 0. The van der Waals surface area contributed by atoms with Gasteiger partial charge in [-0.2, -0.15) is 0 Å². The van der Waals surface area contributed by atoms with E-state index >= 15 is 0 Å². The van der Waals surface area contributed by atoms with Crippen molar-refractivity contribution in [3.63, 3.8) is 0 Å². The number of nitrogens with zero attached hydrogens (tertiary/aromatic N) is 1. The maximum Gasteiger partial charge on any atom is 0.254 e. The number of hydrogen-bond acceptors (Lipinski definition) is 3. The molecule has 0 N–H and O–H groups in total. The highest BCUT2D eigenvalue weighted by Gasteiger charge is 2.27. The van der Waals surface area contributed by atoms with Gasteiger partial charge in [0.1, 0.15) is 0 Å². The number of carbonyl (C=O) groups excluding carboxylic acids is 1. The molecule has 0 atom stereocenters. The minimum absolute atomic E-state index is 0.126. The fraction of sp³-hybridized carbons (Fsp3) is 0.500. The molecule has 0 bridgehead atoms. The lowest BCUT2D eigenvalue weighted by atomic mass is 10.1. The molecule has 1 fully saturated rings. The van der Waals surface area contributed by atoms with Gasteiger partial charge in [-0.3, -0.25) is 4.79 Å². The molecule has 0 radical (unpaired) electrons. The number of ether oxygens (including phenoxy) is 2. The van der Waals surface area contributed by atoms with E-state index < -0.39 is 0 Å². The van der Waals surface area contributed by atoms with Crippen molar-refractivity contribution >= 4 is 5.91 Å². The van der Waals surface area contributed by atoms with Crippen LogP contribution >= 0.6 is 0 Å². The number of rotatable bonds is 3. The predicted molar refractivity (Wildman–Crippen MR) is 66.1 cm³/mol. The largest absolute Gasteiger partial charge is 0.353 e. The molecule has 2 heterocycles. The van der Waals surface area contributed by atoms with E-state index in [0.717, 1.165) is 37.2 Å². The number of carbonyl (C=O) groups is 1. The van der Waals surface area contributed by atoms with E-state index in [1.54, 1.807) is 0 Å². The first-order valence-electron chi connectivity index (χ1n) is 6.45. The lowest BCUT2D eigenvalue weighted by Gasteiger charge is -2.25. The van der Waals surface area contributed by atoms with Gasteiger partial charge in [0.2, 0.25) is 0 Å². The first-order valence-corrected chi connectivity index (χ1v) is 6.45. The summed E-state index contributed by atoms with van der Waals surface area (Å²) < 4.78 is 11.0. The van der Waals surface area contributed by atoms with Crippen molar-refractivity contribution in [3.8, 4) is 0 Å². The summed E-state index contributed by atoms with van der Waals surface area (Å²) in [5.74, 6) is 0.126. The summed E-state index contributed by atoms with van der Waals surface area (Å²) in [4.78, 5) is 14.0. The van der Waals surface area contributed by atoms with Crippen molar-refractivity contribution in [1.82, 2.24) is 4.90 Å². The molecule has 96 valence electrons. The Kier molecular flexibility index (Phi) is 3.30. The van der Waals surface area contributed by atoms with Crippen LogP contribution in [0.1, 0.15) is 28.8 Å². The number of benzene rings is 1. The highest BCUT2D eigenvalue weighted by molar-refractivity contribution is 5.98. The van der Waals surface area contributed by atoms with Crippen molar-refractivity contribution in [2.24, 2.45) is 0 Å². The maximum atomic E-state index is 12.1. The van der Waals surface area contributed by atoms with E-state index in [9.17, 15) is 4.79 Å². The van der Waals surface area contributed by atoms with Crippen molar-refractivity contribution in [2.45, 2.75) is 25.7 Å². The van der Waals surface area contributed by atoms with Gasteiger partial charge in [0.15, 0.2) is 6.29 Å². The number of fused-ring (bicyclic) bond motifs is 1. The van der Waals surface area contributed by atoms with E-state index in [-0.39, 0.29) is 12.2 Å². The zero-order chi connectivity index (χ0) is 12.4. The van der Waals surface area contributed by atoms with Crippen LogP contribution in [0.2, 0.25) is 0 Å². The van der Waals surface area contributed by atoms with Crippen molar-refractivity contribution < 1.29 is 14.3 Å². The summed E-state index contributed by atoms with van der Waals surface area (Å²) in [5.41, 5.74) is 1.95. The van der Waals surface area contributed by atoms with Crippen LogP contribution in [0.4, 0.5) is 0 Å². The van der Waals surface area contributed by atoms with E-state index in [2.05, 4.69) is 0 Å². The molecule has 1 saturated heterocycles. The third-order valence-corrected chi connectivity index (χ3v) is 3.43. The van der Waals surface area contributed by atoms with Crippen LogP contribution in [0.15, 0.2) is 24.3 Å². The topological polar surface area (TPSA) is 38.8 Å². The molecule has 1 aromatic carbocycles. The summed E-state index contributed by atoms with van der Waals surface area (Å²) in [7, 11) is 0. The lowest BCUT2D eigenvalue weighted by Crippen LogP contribution is -2.32. The molecule has 0 saturated carbocycles. The molecule has 4 nitrogen and oxygen atoms in total. The van der Waals surface area contributed by atoms with Gasteiger partial charge in [-0.1, -0.05) is 18.2 Å². The number of amides is 1. The summed E-state index contributed by atoms with van der Waals surface area (Å²) in [6.45, 7) is 2.93. The predicted octanol–water partition coefficient (Wildman–Crippen LogP) is 1.80. The Balaban J connectivity index is 1.57. The Bertz CT molecular complexity index is 440. The molecule has 0 spiro atoms. The van der Waals surface area contributed by atoms with Gasteiger partial charge in [-0.25, -0.2) is 0 Å². The van der Waals surface area contributed by atoms with Crippen LogP contribution < -0.4 is 0 Å². The third kappa shape index (κ3) is 2.26. The van der Waals surface area contributed by atoms with Crippen LogP contribution in [-0.2, 0) is 16.0 Å². The van der Waals surface area contributed by atoms with Crippen molar-refractivity contribution in [1.29, 1.82) is 0 Å². The van der Waals surface area contributed by atoms with E-state index in [1.807, 2.05) is 29.2 Å². The molecular formula is C14H17NO3. The zero-order valence-electron chi connectivity index (χ0n) is 10.3. The first-order chi connectivity index (χ1) is 8.84. The standard InChI is InChI=1S/C14H17NO3/c16-14-12-5-2-1-4-11(12)10-15(14)7-6-13-17-8-3-9-18-13/h1-2,4-5,13H,3,6-10H2. The van der Waals surface area contributed by atoms with Crippen molar-refractivity contribution in [2.75, 3.05) is 19.8 Å². The summed E-state index contributed by atoms with van der Waals surface area (Å²) >= 11 is 0. The molecule has 0 aliphatic carbocycles. The molecule has 2 aliphatic rings. The van der Waals surface area contributed by atoms with Gasteiger partial charge >= 0.3 is 0 Å². The van der Waals surface area contributed by atoms with Gasteiger partial charge in [-0.15, -0.1) is 0 Å². The fourth-order valence-electron chi connectivity index (χ4n) is 2.46. The van der Waals surface area contributed by atoms with Gasteiger partial charge in [0.25, 0.3) is 5.91 Å². The van der Waals surface area contributed by atoms with Crippen LogP contribution in [-0.4, -0.2) is 36.9 Å². The van der Waals surface area contributed by atoms with Crippen LogP contribution in [0, 0.1) is 0 Å². The normalized spacial score (nSPS) is 20.2. The quantitative estimate of drug-likeness (QED) is 0.817. The van der Waals surface area contributed by atoms with Crippen LogP contribution in [0.5, 0.6) is 0 Å². The van der Waals surface area contributed by atoms with Gasteiger partial charge in [-0.05, 0) is 18.1 Å². The molecule has 0 aromatic heterocycles. The molecule has 1 amide bonds. The SMILES string of the molecule is O=C1c2ccccc2CN1CCC1OCCCO1. The van der Waals surface area contributed by atoms with Gasteiger partial charge < -0.3 is 14.4 Å². The van der Waals surface area contributed by atoms with E-state index in [1.165, 1.54) is 0 Å². The summed E-state index contributed by atoms with van der Waals surface area (Å²) in [6, 6.07) is 7.79. The Morgan fingerprint density at radius 3 is 2.78 bits per heavy atom. The van der Waals surface area contributed by atoms with E-state index in [4.69, 9.17) is 9.47 Å². The van der Waals surface area contributed by atoms with Crippen molar-refractivity contribution in [3.05, 3.63) is 35.4 Å². The summed E-state index contributed by atoms with van der Waals surface area (Å²) in [6.07, 6.45) is 1.57. The molecule has 0 unspecified atom stereocenters. The fourth-order valence-corrected chi connectivity index (χ4v) is 2.46. The minimum Gasteiger partial charge on any atom is -0.353 e. The Morgan fingerprint density at radius 1 is 1.22 bits per heavy atom. The smallest absolute Gasteiger partial charge is 0.254 e. The van der Waals surface area contributed by atoms with Crippen LogP contribution in [0.3, 0.4) is 0 Å². The molecular weight excluding hydrogens is 230 g/mol. The maximum absolute atomic E-state index is 12.1. The minimum atomic E-state index is -0.143. The monoisotopic (exact) mass is 247 g/mol. The second kappa shape index (κ2) is 5.08.